The summed E-state index contributed by atoms with van der Waals surface area (Å²) in [5.41, 5.74) is -1.92. The Bertz CT molecular complexity index is 432. The molecule has 3 atom stereocenters. The standard InChI is InChI=1S/C12H16F4O4/c1-7(2)8(17)19-9(3)5-10(4,13)20-11(18,6-9)12(14,15)16/h18H,1,5-6H2,2-4H3. The lowest BCUT2D eigenvalue weighted by Crippen LogP contribution is -2.62. The molecule has 0 spiro atoms. The van der Waals surface area contributed by atoms with Gasteiger partial charge < -0.3 is 14.6 Å². The molecule has 1 aliphatic rings. The van der Waals surface area contributed by atoms with Crippen molar-refractivity contribution in [1.82, 2.24) is 0 Å². The highest BCUT2D eigenvalue weighted by Crippen LogP contribution is 2.49. The Morgan fingerprint density at radius 3 is 2.25 bits per heavy atom. The van der Waals surface area contributed by atoms with Gasteiger partial charge in [0.25, 0.3) is 5.79 Å². The average Bonchev–Trinajstić information content (AvgIpc) is 2.09. The van der Waals surface area contributed by atoms with Crippen molar-refractivity contribution in [3.8, 4) is 0 Å². The van der Waals surface area contributed by atoms with Crippen LogP contribution in [0.1, 0.15) is 33.6 Å². The van der Waals surface area contributed by atoms with Crippen LogP contribution in [0, 0.1) is 0 Å². The molecule has 116 valence electrons. The number of alkyl halides is 4. The van der Waals surface area contributed by atoms with E-state index in [1.165, 1.54) is 6.92 Å². The van der Waals surface area contributed by atoms with Gasteiger partial charge in [0.15, 0.2) is 0 Å². The van der Waals surface area contributed by atoms with Crippen LogP contribution in [0.4, 0.5) is 17.6 Å². The molecule has 0 saturated carbocycles. The van der Waals surface area contributed by atoms with Gasteiger partial charge in [0.05, 0.1) is 6.42 Å². The van der Waals surface area contributed by atoms with E-state index in [0.29, 0.717) is 0 Å². The Labute approximate surface area is 113 Å². The zero-order valence-corrected chi connectivity index (χ0v) is 11.3. The number of aliphatic hydroxyl groups is 1. The van der Waals surface area contributed by atoms with Crippen LogP contribution in [0.25, 0.3) is 0 Å². The predicted molar refractivity (Wildman–Crippen MR) is 60.1 cm³/mol. The molecule has 0 bridgehead atoms. The summed E-state index contributed by atoms with van der Waals surface area (Å²) in [6, 6.07) is 0. The minimum atomic E-state index is -5.22. The molecule has 3 unspecified atom stereocenters. The lowest BCUT2D eigenvalue weighted by atomic mass is 9.85. The minimum absolute atomic E-state index is 0.0474. The normalized spacial score (nSPS) is 38.4. The largest absolute Gasteiger partial charge is 0.456 e. The minimum Gasteiger partial charge on any atom is -0.456 e. The number of halogens is 4. The molecule has 1 aliphatic heterocycles. The van der Waals surface area contributed by atoms with Gasteiger partial charge in [-0.3, -0.25) is 0 Å². The van der Waals surface area contributed by atoms with E-state index >= 15 is 0 Å². The molecule has 0 aliphatic carbocycles. The summed E-state index contributed by atoms with van der Waals surface area (Å²) in [4.78, 5) is 11.4. The van der Waals surface area contributed by atoms with Crippen LogP contribution in [0.2, 0.25) is 0 Å². The Morgan fingerprint density at radius 1 is 1.35 bits per heavy atom. The van der Waals surface area contributed by atoms with Crippen LogP contribution in [-0.2, 0) is 14.3 Å². The first-order chi connectivity index (χ1) is 8.70. The molecule has 8 heteroatoms. The number of ether oxygens (including phenoxy) is 2. The predicted octanol–water partition coefficient (Wildman–Crippen LogP) is 2.61. The highest BCUT2D eigenvalue weighted by atomic mass is 19.4. The Kier molecular flexibility index (Phi) is 3.97. The first kappa shape index (κ1) is 16.9. The van der Waals surface area contributed by atoms with Crippen molar-refractivity contribution in [1.29, 1.82) is 0 Å². The molecule has 0 amide bonds. The number of rotatable bonds is 2. The van der Waals surface area contributed by atoms with Gasteiger partial charge in [0, 0.05) is 12.0 Å². The SMILES string of the molecule is C=C(C)C(=O)OC1(C)CC(C)(F)OC(O)(C(F)(F)F)C1. The third kappa shape index (κ3) is 3.49. The molecule has 0 aromatic rings. The second kappa shape index (κ2) is 4.70. The number of carbonyl (C=O) groups excluding carboxylic acids is 1. The van der Waals surface area contributed by atoms with E-state index in [1.54, 1.807) is 0 Å². The number of hydrogen-bond donors (Lipinski definition) is 1. The fourth-order valence-electron chi connectivity index (χ4n) is 2.20. The number of hydrogen-bond acceptors (Lipinski definition) is 4. The van der Waals surface area contributed by atoms with E-state index in [9.17, 15) is 27.5 Å². The molecular weight excluding hydrogens is 284 g/mol. The van der Waals surface area contributed by atoms with Crippen LogP contribution in [0.15, 0.2) is 12.2 Å². The van der Waals surface area contributed by atoms with Crippen molar-refractivity contribution in [3.63, 3.8) is 0 Å². The van der Waals surface area contributed by atoms with Crippen molar-refractivity contribution in [2.45, 2.75) is 57.0 Å². The monoisotopic (exact) mass is 300 g/mol. The van der Waals surface area contributed by atoms with Crippen LogP contribution in [-0.4, -0.2) is 34.5 Å². The quantitative estimate of drug-likeness (QED) is 0.484. The smallest absolute Gasteiger partial charge is 0.443 e. The molecule has 1 N–H and O–H groups in total. The fourth-order valence-corrected chi connectivity index (χ4v) is 2.20. The highest BCUT2D eigenvalue weighted by Gasteiger charge is 2.66. The van der Waals surface area contributed by atoms with Gasteiger partial charge in [-0.2, -0.15) is 13.2 Å². The van der Waals surface area contributed by atoms with E-state index in [0.717, 1.165) is 13.8 Å². The molecule has 1 rings (SSSR count). The summed E-state index contributed by atoms with van der Waals surface area (Å²) in [7, 11) is 0. The zero-order valence-electron chi connectivity index (χ0n) is 11.3. The third-order valence-electron chi connectivity index (χ3n) is 2.82. The first-order valence-electron chi connectivity index (χ1n) is 5.77. The van der Waals surface area contributed by atoms with Crippen molar-refractivity contribution in [2.75, 3.05) is 0 Å². The van der Waals surface area contributed by atoms with E-state index in [1.807, 2.05) is 0 Å². The van der Waals surface area contributed by atoms with E-state index < -0.39 is 42.2 Å². The Balaban J connectivity index is 3.10. The number of esters is 1. The summed E-state index contributed by atoms with van der Waals surface area (Å²) in [6.07, 6.45) is -6.99. The summed E-state index contributed by atoms with van der Waals surface area (Å²) < 4.78 is 61.3. The molecule has 0 aromatic heterocycles. The van der Waals surface area contributed by atoms with Crippen molar-refractivity contribution in [2.24, 2.45) is 0 Å². The second-order valence-corrected chi connectivity index (χ2v) is 5.46. The van der Waals surface area contributed by atoms with Crippen LogP contribution in [0.5, 0.6) is 0 Å². The van der Waals surface area contributed by atoms with Gasteiger partial charge in [0.2, 0.25) is 5.85 Å². The Hall–Kier alpha value is -1.15. The summed E-state index contributed by atoms with van der Waals surface area (Å²) in [5.74, 6) is -7.49. The van der Waals surface area contributed by atoms with Crippen molar-refractivity contribution < 1.29 is 36.9 Å². The Morgan fingerprint density at radius 2 is 1.85 bits per heavy atom. The topological polar surface area (TPSA) is 55.8 Å². The molecule has 1 saturated heterocycles. The number of carbonyl (C=O) groups is 1. The van der Waals surface area contributed by atoms with Crippen molar-refractivity contribution >= 4 is 5.97 Å². The molecule has 0 radical (unpaired) electrons. The first-order valence-corrected chi connectivity index (χ1v) is 5.77. The maximum absolute atomic E-state index is 13.9. The van der Waals surface area contributed by atoms with Gasteiger partial charge in [-0.05, 0) is 20.8 Å². The average molecular weight is 300 g/mol. The fraction of sp³-hybridized carbons (Fsp3) is 0.750. The lowest BCUT2D eigenvalue weighted by molar-refractivity contribution is -0.440. The summed E-state index contributed by atoms with van der Waals surface area (Å²) in [6.45, 7) is 6.42. The summed E-state index contributed by atoms with van der Waals surface area (Å²) >= 11 is 0. The zero-order chi connectivity index (χ0) is 16.0. The summed E-state index contributed by atoms with van der Waals surface area (Å²) in [5, 5.41) is 9.53. The molecule has 1 fully saturated rings. The van der Waals surface area contributed by atoms with Gasteiger partial charge in [-0.15, -0.1) is 0 Å². The van der Waals surface area contributed by atoms with Crippen LogP contribution >= 0.6 is 0 Å². The molecule has 1 heterocycles. The molecular formula is C12H16F4O4. The van der Waals surface area contributed by atoms with Gasteiger partial charge in [-0.1, -0.05) is 6.58 Å². The van der Waals surface area contributed by atoms with Crippen molar-refractivity contribution in [3.05, 3.63) is 12.2 Å². The van der Waals surface area contributed by atoms with Crippen LogP contribution < -0.4 is 0 Å². The molecule has 0 aromatic carbocycles. The maximum Gasteiger partial charge on any atom is 0.443 e. The third-order valence-corrected chi connectivity index (χ3v) is 2.82. The van der Waals surface area contributed by atoms with Gasteiger partial charge in [-0.25, -0.2) is 9.18 Å². The molecule has 20 heavy (non-hydrogen) atoms. The van der Waals surface area contributed by atoms with E-state index in [2.05, 4.69) is 11.3 Å². The highest BCUT2D eigenvalue weighted by molar-refractivity contribution is 5.87. The second-order valence-electron chi connectivity index (χ2n) is 5.46. The maximum atomic E-state index is 13.9. The molecule has 4 nitrogen and oxygen atoms in total. The van der Waals surface area contributed by atoms with E-state index in [4.69, 9.17) is 4.74 Å². The van der Waals surface area contributed by atoms with Crippen LogP contribution in [0.3, 0.4) is 0 Å². The van der Waals surface area contributed by atoms with E-state index in [-0.39, 0.29) is 5.57 Å². The lowest BCUT2D eigenvalue weighted by Gasteiger charge is -2.47. The van der Waals surface area contributed by atoms with Gasteiger partial charge >= 0.3 is 12.1 Å². The van der Waals surface area contributed by atoms with Gasteiger partial charge in [0.1, 0.15) is 5.60 Å².